The van der Waals surface area contributed by atoms with Crippen molar-refractivity contribution in [2.75, 3.05) is 0 Å². The van der Waals surface area contributed by atoms with E-state index in [1.807, 2.05) is 6.92 Å². The Morgan fingerprint density at radius 2 is 1.79 bits per heavy atom. The number of nitro groups is 1. The maximum absolute atomic E-state index is 11.7. The Hall–Kier alpha value is -0.930. The van der Waals surface area contributed by atoms with Crippen LogP contribution in [0.4, 0.5) is 0 Å². The summed E-state index contributed by atoms with van der Waals surface area (Å²) in [7, 11) is 0. The first-order valence-electron chi connectivity index (χ1n) is 5.30. The third-order valence-electron chi connectivity index (χ3n) is 2.93. The van der Waals surface area contributed by atoms with Gasteiger partial charge in [0.25, 0.3) is 6.04 Å². The van der Waals surface area contributed by atoms with Crippen LogP contribution in [-0.4, -0.2) is 16.7 Å². The van der Waals surface area contributed by atoms with Crippen molar-refractivity contribution in [1.82, 2.24) is 0 Å². The molecule has 4 heteroatoms. The number of hydrogen-bond donors (Lipinski definition) is 0. The highest BCUT2D eigenvalue weighted by atomic mass is 16.6. The molecule has 2 unspecified atom stereocenters. The van der Waals surface area contributed by atoms with E-state index in [4.69, 9.17) is 0 Å². The highest BCUT2D eigenvalue weighted by Gasteiger charge is 2.32. The quantitative estimate of drug-likeness (QED) is 0.480. The van der Waals surface area contributed by atoms with Gasteiger partial charge >= 0.3 is 0 Å². The minimum Gasteiger partial charge on any atom is -0.292 e. The smallest absolute Gasteiger partial charge is 0.270 e. The maximum Gasteiger partial charge on any atom is 0.270 e. The normalized spacial score (nSPS) is 30.2. The fourth-order valence-corrected chi connectivity index (χ4v) is 1.96. The molecule has 1 fully saturated rings. The van der Waals surface area contributed by atoms with Crippen molar-refractivity contribution in [2.24, 2.45) is 5.92 Å². The average molecular weight is 199 g/mol. The summed E-state index contributed by atoms with van der Waals surface area (Å²) in [5, 5.41) is 10.7. The van der Waals surface area contributed by atoms with Crippen LogP contribution < -0.4 is 0 Å². The van der Waals surface area contributed by atoms with Gasteiger partial charge in [-0.05, 0) is 12.8 Å². The molecular weight excluding hydrogens is 182 g/mol. The van der Waals surface area contributed by atoms with Gasteiger partial charge in [0.2, 0.25) is 5.78 Å². The van der Waals surface area contributed by atoms with Crippen LogP contribution >= 0.6 is 0 Å². The Balaban J connectivity index is 2.68. The van der Waals surface area contributed by atoms with Gasteiger partial charge in [-0.1, -0.05) is 26.2 Å². The van der Waals surface area contributed by atoms with E-state index in [2.05, 4.69) is 0 Å². The topological polar surface area (TPSA) is 60.2 Å². The predicted octanol–water partition coefficient (Wildman–Crippen LogP) is 2.19. The zero-order chi connectivity index (χ0) is 10.6. The van der Waals surface area contributed by atoms with Crippen LogP contribution in [0.5, 0.6) is 0 Å². The van der Waals surface area contributed by atoms with Crippen LogP contribution in [0.25, 0.3) is 0 Å². The number of hydrogen-bond acceptors (Lipinski definition) is 3. The van der Waals surface area contributed by atoms with Crippen LogP contribution in [0.1, 0.15) is 45.4 Å². The molecular formula is C10H17NO3. The molecule has 14 heavy (non-hydrogen) atoms. The summed E-state index contributed by atoms with van der Waals surface area (Å²) >= 11 is 0. The lowest BCUT2D eigenvalue weighted by molar-refractivity contribution is -0.508. The van der Waals surface area contributed by atoms with Gasteiger partial charge < -0.3 is 0 Å². The lowest BCUT2D eigenvalue weighted by Crippen LogP contribution is -2.33. The molecule has 4 nitrogen and oxygen atoms in total. The molecule has 0 saturated heterocycles. The SMILES string of the molecule is CC1CCCCCCC([N+](=O)[O-])C1=O. The summed E-state index contributed by atoms with van der Waals surface area (Å²) in [5.41, 5.74) is 0. The highest BCUT2D eigenvalue weighted by Crippen LogP contribution is 2.20. The van der Waals surface area contributed by atoms with Crippen LogP contribution in [-0.2, 0) is 4.79 Å². The standard InChI is InChI=1S/C10H17NO3/c1-8-6-4-2-3-5-7-9(10(8)12)11(13)14/h8-9H,2-7H2,1H3. The number of carbonyl (C=O) groups is 1. The van der Waals surface area contributed by atoms with Crippen molar-refractivity contribution >= 4 is 5.78 Å². The molecule has 80 valence electrons. The van der Waals surface area contributed by atoms with Crippen molar-refractivity contribution in [3.63, 3.8) is 0 Å². The lowest BCUT2D eigenvalue weighted by Gasteiger charge is -2.11. The van der Waals surface area contributed by atoms with Crippen LogP contribution in [0, 0.1) is 16.0 Å². The van der Waals surface area contributed by atoms with Gasteiger partial charge in [-0.15, -0.1) is 0 Å². The second-order valence-corrected chi connectivity index (χ2v) is 4.10. The molecule has 0 heterocycles. The zero-order valence-corrected chi connectivity index (χ0v) is 8.57. The third-order valence-corrected chi connectivity index (χ3v) is 2.93. The Morgan fingerprint density at radius 3 is 2.36 bits per heavy atom. The molecule has 0 bridgehead atoms. The predicted molar refractivity (Wildman–Crippen MR) is 52.7 cm³/mol. The number of nitrogens with zero attached hydrogens (tertiary/aromatic N) is 1. The maximum atomic E-state index is 11.7. The largest absolute Gasteiger partial charge is 0.292 e. The Kier molecular flexibility index (Phi) is 4.04. The van der Waals surface area contributed by atoms with E-state index in [-0.39, 0.29) is 11.7 Å². The van der Waals surface area contributed by atoms with Gasteiger partial charge in [0.1, 0.15) is 0 Å². The fraction of sp³-hybridized carbons (Fsp3) is 0.900. The van der Waals surface area contributed by atoms with E-state index in [0.717, 1.165) is 32.1 Å². The summed E-state index contributed by atoms with van der Waals surface area (Å²) < 4.78 is 0. The van der Waals surface area contributed by atoms with Gasteiger partial charge in [0.15, 0.2) is 0 Å². The molecule has 0 aromatic rings. The van der Waals surface area contributed by atoms with Crippen LogP contribution in [0.2, 0.25) is 0 Å². The van der Waals surface area contributed by atoms with E-state index < -0.39 is 11.0 Å². The van der Waals surface area contributed by atoms with E-state index in [9.17, 15) is 14.9 Å². The van der Waals surface area contributed by atoms with Gasteiger partial charge in [0, 0.05) is 17.3 Å². The molecule has 0 aromatic heterocycles. The Morgan fingerprint density at radius 1 is 1.21 bits per heavy atom. The Bertz CT molecular complexity index is 227. The molecule has 0 amide bonds. The molecule has 0 aliphatic heterocycles. The summed E-state index contributed by atoms with van der Waals surface area (Å²) in [5.74, 6) is -0.305. The summed E-state index contributed by atoms with van der Waals surface area (Å²) in [6, 6.07) is -0.942. The van der Waals surface area contributed by atoms with Crippen molar-refractivity contribution < 1.29 is 9.72 Å². The first-order valence-corrected chi connectivity index (χ1v) is 5.30. The number of rotatable bonds is 1. The molecule has 0 aromatic carbocycles. The van der Waals surface area contributed by atoms with Crippen molar-refractivity contribution in [1.29, 1.82) is 0 Å². The zero-order valence-electron chi connectivity index (χ0n) is 8.57. The molecule has 1 aliphatic rings. The molecule has 2 atom stereocenters. The van der Waals surface area contributed by atoms with Crippen molar-refractivity contribution in [3.8, 4) is 0 Å². The minimum absolute atomic E-state index is 0.136. The van der Waals surface area contributed by atoms with E-state index >= 15 is 0 Å². The summed E-state index contributed by atoms with van der Waals surface area (Å²) in [4.78, 5) is 21.9. The third kappa shape index (κ3) is 2.79. The second-order valence-electron chi connectivity index (χ2n) is 4.10. The van der Waals surface area contributed by atoms with E-state index in [1.165, 1.54) is 0 Å². The molecule has 0 radical (unpaired) electrons. The molecule has 0 N–H and O–H groups in total. The monoisotopic (exact) mass is 199 g/mol. The molecule has 0 spiro atoms. The minimum atomic E-state index is -0.942. The molecule has 1 aliphatic carbocycles. The summed E-state index contributed by atoms with van der Waals surface area (Å²) in [6.45, 7) is 1.81. The van der Waals surface area contributed by atoms with Gasteiger partial charge in [0.05, 0.1) is 0 Å². The first kappa shape index (κ1) is 11.1. The number of Topliss-reactive ketones (excluding diaryl/α,β-unsaturated/α-hetero) is 1. The lowest BCUT2D eigenvalue weighted by atomic mass is 9.95. The average Bonchev–Trinajstić information content (AvgIpc) is 2.20. The van der Waals surface area contributed by atoms with Crippen molar-refractivity contribution in [2.45, 2.75) is 51.5 Å². The van der Waals surface area contributed by atoms with Gasteiger partial charge in [-0.3, -0.25) is 14.9 Å². The van der Waals surface area contributed by atoms with Crippen LogP contribution in [0.15, 0.2) is 0 Å². The highest BCUT2D eigenvalue weighted by molar-refractivity contribution is 5.84. The van der Waals surface area contributed by atoms with Gasteiger partial charge in [-0.2, -0.15) is 0 Å². The van der Waals surface area contributed by atoms with E-state index in [0.29, 0.717) is 6.42 Å². The van der Waals surface area contributed by atoms with Gasteiger partial charge in [-0.25, -0.2) is 0 Å². The second kappa shape index (κ2) is 5.08. The molecule has 1 saturated carbocycles. The number of ketones is 1. The fourth-order valence-electron chi connectivity index (χ4n) is 1.96. The molecule has 1 rings (SSSR count). The van der Waals surface area contributed by atoms with Crippen molar-refractivity contribution in [3.05, 3.63) is 10.1 Å². The Labute approximate surface area is 83.8 Å². The van der Waals surface area contributed by atoms with Crippen LogP contribution in [0.3, 0.4) is 0 Å². The number of carbonyl (C=O) groups excluding carboxylic acids is 1. The first-order chi connectivity index (χ1) is 6.63. The van der Waals surface area contributed by atoms with E-state index in [1.54, 1.807) is 0 Å². The summed E-state index contributed by atoms with van der Waals surface area (Å²) in [6.07, 6.45) is 5.19.